The third-order valence-electron chi connectivity index (χ3n) is 10.3. The summed E-state index contributed by atoms with van der Waals surface area (Å²) in [4.78, 5) is 54.6. The van der Waals surface area contributed by atoms with E-state index in [1.54, 1.807) is 29.9 Å². The number of para-hydroxylation sites is 1. The molecule has 3 aliphatic rings. The summed E-state index contributed by atoms with van der Waals surface area (Å²) in [5.74, 6) is -3.02. The molecular weight excluding hydrogens is 727 g/mol. The van der Waals surface area contributed by atoms with Crippen LogP contribution in [0.4, 0.5) is 19.0 Å². The lowest BCUT2D eigenvalue weighted by Crippen LogP contribution is -2.56. The summed E-state index contributed by atoms with van der Waals surface area (Å²) in [6, 6.07) is 15.7. The molecule has 2 atom stereocenters. The summed E-state index contributed by atoms with van der Waals surface area (Å²) < 4.78 is 47.7. The summed E-state index contributed by atoms with van der Waals surface area (Å²) in [5, 5.41) is 10.3. The fourth-order valence-electron chi connectivity index (χ4n) is 7.24. The highest BCUT2D eigenvalue weighted by atomic mass is 19.4. The SMILES string of the molecule is C=NC(=N/C(=C\C)C(F)(F)F)C(=O)N[C@@H]1C(=O)N(CC)c2c(cnn2-c2ccccc2)[C@H]1c1cccc(CNC(=O)/C(=C\C)CN2CCN(C3COC3)CC2)c1. The van der Waals surface area contributed by atoms with Crippen molar-refractivity contribution in [3.05, 3.63) is 101 Å². The molecule has 2 fully saturated rings. The number of carbonyl (C=O) groups is 3. The van der Waals surface area contributed by atoms with Gasteiger partial charge in [-0.1, -0.05) is 54.6 Å². The number of likely N-dealkylation sites (N-methyl/N-ethyl adjacent to an activating group) is 1. The monoisotopic (exact) mass is 773 g/mol. The Kier molecular flexibility index (Phi) is 12.6. The van der Waals surface area contributed by atoms with E-state index in [1.807, 2.05) is 55.5 Å². The third kappa shape index (κ3) is 8.67. The number of hydrogen-bond donors (Lipinski definition) is 2. The third-order valence-corrected chi connectivity index (χ3v) is 10.3. The van der Waals surface area contributed by atoms with Gasteiger partial charge in [0.1, 0.15) is 17.6 Å². The second-order valence-corrected chi connectivity index (χ2v) is 13.7. The van der Waals surface area contributed by atoms with Gasteiger partial charge in [-0.25, -0.2) is 14.7 Å². The van der Waals surface area contributed by atoms with Crippen LogP contribution in [-0.2, 0) is 25.7 Å². The molecule has 3 aliphatic heterocycles. The zero-order chi connectivity index (χ0) is 40.0. The largest absolute Gasteiger partial charge is 0.433 e. The standard InChI is InChI=1S/C40H46F3N9O4/c1-5-27(23-49-16-18-50(19-17-49)30-24-56-25-30)36(53)45-21-26-12-11-13-28(20-26)33-31-22-46-52(29-14-9-8-10-15-29)38(31)51(7-3)39(55)34(33)48-37(54)35(44-4)47-32(6-2)40(41,42)43/h5-6,8-15,20,22,30,33-34H,4,7,16-19,21,23-25H2,1-3H3,(H,45,53)(H,48,54)/b27-5-,32-6-,47-35?/t33-,34+/m1/s1. The molecule has 16 heteroatoms. The first-order chi connectivity index (χ1) is 27.0. The minimum Gasteiger partial charge on any atom is -0.378 e. The highest BCUT2D eigenvalue weighted by Gasteiger charge is 2.45. The van der Waals surface area contributed by atoms with Gasteiger partial charge in [0.2, 0.25) is 11.7 Å². The van der Waals surface area contributed by atoms with Crippen molar-refractivity contribution in [3.63, 3.8) is 0 Å². The predicted octanol–water partition coefficient (Wildman–Crippen LogP) is 4.00. The van der Waals surface area contributed by atoms with Crippen LogP contribution in [0.2, 0.25) is 0 Å². The van der Waals surface area contributed by atoms with Gasteiger partial charge in [0.05, 0.1) is 31.1 Å². The Morgan fingerprint density at radius 2 is 1.75 bits per heavy atom. The number of halogens is 3. The van der Waals surface area contributed by atoms with Gasteiger partial charge >= 0.3 is 6.18 Å². The van der Waals surface area contributed by atoms with Gasteiger partial charge in [-0.05, 0) is 50.7 Å². The number of allylic oxidation sites excluding steroid dienone is 3. The normalized spacial score (nSPS) is 20.4. The van der Waals surface area contributed by atoms with Crippen molar-refractivity contribution in [2.45, 2.75) is 51.5 Å². The molecule has 56 heavy (non-hydrogen) atoms. The average molecular weight is 774 g/mol. The summed E-state index contributed by atoms with van der Waals surface area (Å²) in [5.41, 5.74) is 1.95. The number of amidine groups is 1. The van der Waals surface area contributed by atoms with E-state index in [2.05, 4.69) is 42.2 Å². The van der Waals surface area contributed by atoms with Crippen LogP contribution in [0.3, 0.4) is 0 Å². The number of alkyl halides is 3. The molecule has 296 valence electrons. The van der Waals surface area contributed by atoms with Crippen LogP contribution in [0.5, 0.6) is 0 Å². The van der Waals surface area contributed by atoms with Gasteiger partial charge in [0.15, 0.2) is 0 Å². The minimum absolute atomic E-state index is 0.176. The number of anilines is 1. The van der Waals surface area contributed by atoms with E-state index < -0.39 is 41.5 Å². The van der Waals surface area contributed by atoms with Gasteiger partial charge in [-0.15, -0.1) is 0 Å². The number of aliphatic imine (C=N–C) groups is 2. The number of rotatable bonds is 11. The maximum Gasteiger partial charge on any atom is 0.433 e. The Morgan fingerprint density at radius 3 is 2.36 bits per heavy atom. The maximum absolute atomic E-state index is 14.4. The number of hydrogen-bond acceptors (Lipinski definition) is 8. The summed E-state index contributed by atoms with van der Waals surface area (Å²) >= 11 is 0. The number of amides is 3. The van der Waals surface area contributed by atoms with E-state index in [0.717, 1.165) is 51.9 Å². The van der Waals surface area contributed by atoms with Crippen LogP contribution >= 0.6 is 0 Å². The van der Waals surface area contributed by atoms with Gasteiger partial charge < -0.3 is 15.4 Å². The van der Waals surface area contributed by atoms with Crippen molar-refractivity contribution >= 4 is 36.1 Å². The highest BCUT2D eigenvalue weighted by Crippen LogP contribution is 2.41. The maximum atomic E-state index is 14.4. The van der Waals surface area contributed by atoms with Crippen LogP contribution in [-0.4, -0.2) is 121 Å². The van der Waals surface area contributed by atoms with Crippen LogP contribution in [0, 0.1) is 0 Å². The Bertz CT molecular complexity index is 2020. The molecule has 2 N–H and O–H groups in total. The number of nitrogens with zero attached hydrogens (tertiary/aromatic N) is 7. The lowest BCUT2D eigenvalue weighted by molar-refractivity contribution is -0.125. The summed E-state index contributed by atoms with van der Waals surface area (Å²) in [7, 11) is 0. The quantitative estimate of drug-likeness (QED) is 0.171. The van der Waals surface area contributed by atoms with Crippen LogP contribution in [0.25, 0.3) is 5.69 Å². The molecule has 6 rings (SSSR count). The Balaban J connectivity index is 1.27. The highest BCUT2D eigenvalue weighted by molar-refractivity contribution is 6.39. The molecular formula is C40H46F3N9O4. The molecule has 13 nitrogen and oxygen atoms in total. The number of nitrogens with one attached hydrogen (secondary N) is 2. The predicted molar refractivity (Wildman–Crippen MR) is 207 cm³/mol. The molecule has 4 heterocycles. The van der Waals surface area contributed by atoms with Crippen molar-refractivity contribution in [2.24, 2.45) is 9.98 Å². The van der Waals surface area contributed by atoms with E-state index in [1.165, 1.54) is 4.90 Å². The Morgan fingerprint density at radius 1 is 1.02 bits per heavy atom. The molecule has 0 unspecified atom stereocenters. The Hall–Kier alpha value is -5.45. The van der Waals surface area contributed by atoms with Gasteiger partial charge in [0, 0.05) is 62.9 Å². The van der Waals surface area contributed by atoms with Crippen LogP contribution in [0.15, 0.2) is 94.2 Å². The average Bonchev–Trinajstić information content (AvgIpc) is 3.61. The summed E-state index contributed by atoms with van der Waals surface area (Å²) in [6.07, 6.45) is -0.685. The zero-order valence-corrected chi connectivity index (χ0v) is 31.6. The number of fused-ring (bicyclic) bond motifs is 1. The van der Waals surface area contributed by atoms with Crippen LogP contribution in [0.1, 0.15) is 43.4 Å². The van der Waals surface area contributed by atoms with E-state index >= 15 is 0 Å². The molecule has 0 spiro atoms. The van der Waals surface area contributed by atoms with E-state index in [-0.39, 0.29) is 19.0 Å². The van der Waals surface area contributed by atoms with Crippen molar-refractivity contribution in [3.8, 4) is 5.69 Å². The number of aromatic nitrogens is 2. The van der Waals surface area contributed by atoms with Gasteiger partial charge in [0.25, 0.3) is 11.8 Å². The first-order valence-electron chi connectivity index (χ1n) is 18.6. The minimum atomic E-state index is -4.85. The molecule has 2 aromatic carbocycles. The van der Waals surface area contributed by atoms with Gasteiger partial charge in [-0.2, -0.15) is 18.3 Å². The first kappa shape index (κ1) is 40.2. The molecule has 2 saturated heterocycles. The van der Waals surface area contributed by atoms with Crippen molar-refractivity contribution in [1.29, 1.82) is 0 Å². The molecule has 0 radical (unpaired) electrons. The second-order valence-electron chi connectivity index (χ2n) is 13.7. The topological polar surface area (TPSA) is 137 Å². The Labute approximate surface area is 323 Å². The molecule has 0 aliphatic carbocycles. The van der Waals surface area contributed by atoms with Crippen molar-refractivity contribution in [2.75, 3.05) is 57.4 Å². The lowest BCUT2D eigenvalue weighted by Gasteiger charge is -2.42. The zero-order valence-electron chi connectivity index (χ0n) is 31.6. The molecule has 3 amide bonds. The lowest BCUT2D eigenvalue weighted by atomic mass is 9.82. The fourth-order valence-corrected chi connectivity index (χ4v) is 7.24. The molecule has 0 saturated carbocycles. The number of ether oxygens (including phenoxy) is 1. The van der Waals surface area contributed by atoms with Gasteiger partial charge in [-0.3, -0.25) is 29.1 Å². The van der Waals surface area contributed by atoms with Crippen molar-refractivity contribution < 1.29 is 32.3 Å². The molecule has 3 aromatic rings. The van der Waals surface area contributed by atoms with E-state index in [4.69, 9.17) is 4.74 Å². The van der Waals surface area contributed by atoms with Crippen molar-refractivity contribution in [1.82, 2.24) is 30.2 Å². The number of carbonyl (C=O) groups excluding carboxylic acids is 3. The summed E-state index contributed by atoms with van der Waals surface area (Å²) in [6.45, 7) is 14.0. The molecule has 1 aromatic heterocycles. The van der Waals surface area contributed by atoms with E-state index in [0.29, 0.717) is 46.9 Å². The second kappa shape index (κ2) is 17.6. The molecule has 0 bridgehead atoms. The first-order valence-corrected chi connectivity index (χ1v) is 18.6. The number of benzene rings is 2. The fraction of sp³-hybridized carbons (Fsp3) is 0.400. The van der Waals surface area contributed by atoms with Crippen LogP contribution < -0.4 is 15.5 Å². The smallest absolute Gasteiger partial charge is 0.378 e. The van der Waals surface area contributed by atoms with E-state index in [9.17, 15) is 27.6 Å². The number of piperazine rings is 1.